The molecule has 0 atom stereocenters. The van der Waals surface area contributed by atoms with Crippen molar-refractivity contribution in [1.29, 1.82) is 0 Å². The molecule has 0 aliphatic carbocycles. The van der Waals surface area contributed by atoms with E-state index in [1.165, 1.54) is 25.7 Å². The lowest BCUT2D eigenvalue weighted by Gasteiger charge is -2.21. The monoisotopic (exact) mass is 277 g/mol. The third-order valence-corrected chi connectivity index (χ3v) is 3.26. The Kier molecular flexibility index (Phi) is 5.40. The number of nitrogens with zero attached hydrogens (tertiary/aromatic N) is 4. The summed E-state index contributed by atoms with van der Waals surface area (Å²) in [4.78, 5) is 15.0. The molecule has 0 bridgehead atoms. The van der Waals surface area contributed by atoms with E-state index in [-0.39, 0.29) is 5.96 Å². The van der Waals surface area contributed by atoms with Gasteiger partial charge in [0, 0.05) is 25.8 Å². The molecule has 0 aromatic carbocycles. The predicted molar refractivity (Wildman–Crippen MR) is 81.9 cm³/mol. The number of aliphatic imine (C=N–C) groups is 1. The van der Waals surface area contributed by atoms with Crippen LogP contribution in [0.2, 0.25) is 0 Å². The molecule has 110 valence electrons. The molecular formula is C13H23N7. The number of aromatic nitrogens is 2. The molecule has 0 radical (unpaired) electrons. The molecule has 0 saturated carbocycles. The lowest BCUT2D eigenvalue weighted by atomic mass is 10.2. The molecular weight excluding hydrogens is 254 g/mol. The number of hydrogen-bond donors (Lipinski definition) is 3. The van der Waals surface area contributed by atoms with Crippen LogP contribution in [0, 0.1) is 0 Å². The second-order valence-corrected chi connectivity index (χ2v) is 4.87. The number of nitrogens with one attached hydrogen (secondary N) is 1. The van der Waals surface area contributed by atoms with Crippen molar-refractivity contribution >= 4 is 17.7 Å². The van der Waals surface area contributed by atoms with Crippen LogP contribution in [-0.4, -0.2) is 42.1 Å². The summed E-state index contributed by atoms with van der Waals surface area (Å²) in [5.41, 5.74) is 10.5. The van der Waals surface area contributed by atoms with Gasteiger partial charge in [0.05, 0.1) is 6.54 Å². The van der Waals surface area contributed by atoms with E-state index >= 15 is 0 Å². The summed E-state index contributed by atoms with van der Waals surface area (Å²) < 4.78 is 0. The highest BCUT2D eigenvalue weighted by atomic mass is 15.2. The molecule has 2 heterocycles. The van der Waals surface area contributed by atoms with Gasteiger partial charge in [-0.1, -0.05) is 12.8 Å². The smallest absolute Gasteiger partial charge is 0.224 e. The Bertz CT molecular complexity index is 434. The first kappa shape index (κ1) is 14.4. The van der Waals surface area contributed by atoms with Gasteiger partial charge in [-0.05, 0) is 18.9 Å². The first-order valence-electron chi connectivity index (χ1n) is 7.13. The second-order valence-electron chi connectivity index (χ2n) is 4.87. The normalized spacial score (nSPS) is 15.5. The van der Waals surface area contributed by atoms with Gasteiger partial charge in [-0.3, -0.25) is 4.99 Å². The summed E-state index contributed by atoms with van der Waals surface area (Å²) in [5, 5.41) is 3.13. The SMILES string of the molecule is NC(N)=NCCNc1nccc(N2CCCCCC2)n1. The van der Waals surface area contributed by atoms with Crippen LogP contribution in [0.25, 0.3) is 0 Å². The summed E-state index contributed by atoms with van der Waals surface area (Å²) in [7, 11) is 0. The second kappa shape index (κ2) is 7.52. The Morgan fingerprint density at radius 1 is 1.25 bits per heavy atom. The zero-order chi connectivity index (χ0) is 14.2. The average molecular weight is 277 g/mol. The van der Waals surface area contributed by atoms with Crippen LogP contribution in [0.5, 0.6) is 0 Å². The van der Waals surface area contributed by atoms with Gasteiger partial charge in [0.25, 0.3) is 0 Å². The molecule has 1 aliphatic heterocycles. The molecule has 5 N–H and O–H groups in total. The van der Waals surface area contributed by atoms with Crippen molar-refractivity contribution in [3.05, 3.63) is 12.3 Å². The van der Waals surface area contributed by atoms with Gasteiger partial charge in [-0.25, -0.2) is 4.98 Å². The minimum atomic E-state index is 0.103. The third kappa shape index (κ3) is 4.56. The van der Waals surface area contributed by atoms with E-state index in [9.17, 15) is 0 Å². The maximum Gasteiger partial charge on any atom is 0.224 e. The van der Waals surface area contributed by atoms with E-state index in [0.717, 1.165) is 18.9 Å². The number of hydrogen-bond acceptors (Lipinski definition) is 5. The highest BCUT2D eigenvalue weighted by Crippen LogP contribution is 2.17. The van der Waals surface area contributed by atoms with Crippen molar-refractivity contribution in [3.63, 3.8) is 0 Å². The van der Waals surface area contributed by atoms with Gasteiger partial charge >= 0.3 is 0 Å². The van der Waals surface area contributed by atoms with Crippen molar-refractivity contribution in [3.8, 4) is 0 Å². The Morgan fingerprint density at radius 2 is 2.00 bits per heavy atom. The van der Waals surface area contributed by atoms with Crippen LogP contribution in [0.3, 0.4) is 0 Å². The lowest BCUT2D eigenvalue weighted by Crippen LogP contribution is -2.25. The Hall–Kier alpha value is -2.05. The van der Waals surface area contributed by atoms with Crippen LogP contribution in [0.15, 0.2) is 17.3 Å². The molecule has 0 amide bonds. The van der Waals surface area contributed by atoms with E-state index < -0.39 is 0 Å². The summed E-state index contributed by atoms with van der Waals surface area (Å²) >= 11 is 0. The van der Waals surface area contributed by atoms with E-state index in [0.29, 0.717) is 19.0 Å². The van der Waals surface area contributed by atoms with Crippen molar-refractivity contribution in [2.24, 2.45) is 16.5 Å². The Balaban J connectivity index is 1.91. The lowest BCUT2D eigenvalue weighted by molar-refractivity contribution is 0.726. The van der Waals surface area contributed by atoms with Crippen molar-refractivity contribution < 1.29 is 0 Å². The van der Waals surface area contributed by atoms with E-state index in [1.807, 2.05) is 6.07 Å². The van der Waals surface area contributed by atoms with Crippen LogP contribution < -0.4 is 21.7 Å². The largest absolute Gasteiger partial charge is 0.370 e. The van der Waals surface area contributed by atoms with Crippen LogP contribution in [-0.2, 0) is 0 Å². The molecule has 7 heteroatoms. The van der Waals surface area contributed by atoms with Crippen LogP contribution in [0.4, 0.5) is 11.8 Å². The van der Waals surface area contributed by atoms with Gasteiger partial charge in [0.2, 0.25) is 5.95 Å². The van der Waals surface area contributed by atoms with E-state index in [2.05, 4.69) is 25.2 Å². The van der Waals surface area contributed by atoms with Crippen molar-refractivity contribution in [2.45, 2.75) is 25.7 Å². The van der Waals surface area contributed by atoms with Crippen molar-refractivity contribution in [1.82, 2.24) is 9.97 Å². The molecule has 1 aromatic rings. The number of nitrogens with two attached hydrogens (primary N) is 2. The quantitative estimate of drug-likeness (QED) is 0.412. The minimum Gasteiger partial charge on any atom is -0.370 e. The van der Waals surface area contributed by atoms with Gasteiger partial charge in [0.1, 0.15) is 5.82 Å². The molecule has 2 rings (SSSR count). The van der Waals surface area contributed by atoms with Crippen molar-refractivity contribution in [2.75, 3.05) is 36.4 Å². The Morgan fingerprint density at radius 3 is 2.70 bits per heavy atom. The fraction of sp³-hybridized carbons (Fsp3) is 0.615. The molecule has 1 aliphatic rings. The highest BCUT2D eigenvalue weighted by molar-refractivity contribution is 5.75. The van der Waals surface area contributed by atoms with E-state index in [4.69, 9.17) is 11.5 Å². The van der Waals surface area contributed by atoms with Crippen LogP contribution >= 0.6 is 0 Å². The molecule has 0 unspecified atom stereocenters. The van der Waals surface area contributed by atoms with E-state index in [1.54, 1.807) is 6.20 Å². The summed E-state index contributed by atoms with van der Waals surface area (Å²) in [6.45, 7) is 3.27. The number of guanidine groups is 1. The first-order chi connectivity index (χ1) is 9.75. The maximum atomic E-state index is 5.27. The maximum absolute atomic E-state index is 5.27. The summed E-state index contributed by atoms with van der Waals surface area (Å²) in [6.07, 6.45) is 6.88. The van der Waals surface area contributed by atoms with Gasteiger partial charge < -0.3 is 21.7 Å². The first-order valence-corrected chi connectivity index (χ1v) is 7.13. The zero-order valence-electron chi connectivity index (χ0n) is 11.8. The predicted octanol–water partition coefficient (Wildman–Crippen LogP) is 0.542. The standard InChI is InChI=1S/C13H23N7/c14-12(15)16-7-8-18-13-17-6-5-11(19-13)20-9-3-1-2-4-10-20/h5-6H,1-4,7-10H2,(H4,14,15,16)(H,17,18,19). The summed E-state index contributed by atoms with van der Waals surface area (Å²) in [6, 6.07) is 1.96. The Labute approximate surface area is 119 Å². The topological polar surface area (TPSA) is 105 Å². The van der Waals surface area contributed by atoms with Gasteiger partial charge in [-0.2, -0.15) is 4.98 Å². The molecule has 7 nitrogen and oxygen atoms in total. The number of rotatable bonds is 5. The molecule has 0 spiro atoms. The zero-order valence-corrected chi connectivity index (χ0v) is 11.8. The molecule has 1 aromatic heterocycles. The fourth-order valence-electron chi connectivity index (χ4n) is 2.26. The third-order valence-electron chi connectivity index (χ3n) is 3.26. The highest BCUT2D eigenvalue weighted by Gasteiger charge is 2.11. The molecule has 1 saturated heterocycles. The fourth-order valence-corrected chi connectivity index (χ4v) is 2.26. The molecule has 20 heavy (non-hydrogen) atoms. The molecule has 1 fully saturated rings. The van der Waals surface area contributed by atoms with Gasteiger partial charge in [0.15, 0.2) is 5.96 Å². The summed E-state index contributed by atoms with van der Waals surface area (Å²) in [5.74, 6) is 1.72. The van der Waals surface area contributed by atoms with Crippen LogP contribution in [0.1, 0.15) is 25.7 Å². The minimum absolute atomic E-state index is 0.103. The average Bonchev–Trinajstić information content (AvgIpc) is 2.73. The van der Waals surface area contributed by atoms with Gasteiger partial charge in [-0.15, -0.1) is 0 Å². The number of anilines is 2.